The van der Waals surface area contributed by atoms with Gasteiger partial charge in [-0.3, -0.25) is 4.79 Å². The number of fused-ring (bicyclic) bond motifs is 1. The number of para-hydroxylation sites is 1. The summed E-state index contributed by atoms with van der Waals surface area (Å²) >= 11 is 0. The van der Waals surface area contributed by atoms with Gasteiger partial charge in [0.1, 0.15) is 18.2 Å². The molecular weight excluding hydrogens is 370 g/mol. The van der Waals surface area contributed by atoms with Crippen molar-refractivity contribution in [1.29, 1.82) is 0 Å². The standard InChI is InChI=1S/C19H12F2N4O3/c20-14-5-12-17(6-15(14)21)25(8-13(18(12)26)19(27)28)16-4-2-1-3-11(16)7-24-10-22-9-23-24/h1-6,8-10H,7H2,(H,27,28). The molecule has 9 heteroatoms. The van der Waals surface area contributed by atoms with Crippen molar-refractivity contribution in [3.8, 4) is 5.69 Å². The van der Waals surface area contributed by atoms with Gasteiger partial charge >= 0.3 is 5.97 Å². The summed E-state index contributed by atoms with van der Waals surface area (Å²) in [6.45, 7) is 0.301. The number of aromatic carboxylic acids is 1. The van der Waals surface area contributed by atoms with E-state index in [1.807, 2.05) is 0 Å². The van der Waals surface area contributed by atoms with Crippen LogP contribution in [0.5, 0.6) is 0 Å². The number of carbonyl (C=O) groups is 1. The Morgan fingerprint density at radius 1 is 1.14 bits per heavy atom. The van der Waals surface area contributed by atoms with E-state index in [2.05, 4.69) is 10.1 Å². The number of halogens is 2. The van der Waals surface area contributed by atoms with Gasteiger partial charge in [-0.25, -0.2) is 23.2 Å². The smallest absolute Gasteiger partial charge is 0.341 e. The van der Waals surface area contributed by atoms with E-state index in [4.69, 9.17) is 0 Å². The van der Waals surface area contributed by atoms with Gasteiger partial charge in [-0.2, -0.15) is 5.10 Å². The predicted molar refractivity (Wildman–Crippen MR) is 95.5 cm³/mol. The summed E-state index contributed by atoms with van der Waals surface area (Å²) in [6.07, 6.45) is 4.00. The molecule has 0 spiro atoms. The van der Waals surface area contributed by atoms with Crippen LogP contribution in [0.1, 0.15) is 15.9 Å². The number of carboxylic acid groups (broad SMARTS) is 1. The Morgan fingerprint density at radius 3 is 2.61 bits per heavy atom. The quantitative estimate of drug-likeness (QED) is 0.586. The molecule has 2 heterocycles. The average molecular weight is 382 g/mol. The van der Waals surface area contributed by atoms with Gasteiger partial charge in [-0.1, -0.05) is 18.2 Å². The topological polar surface area (TPSA) is 90.0 Å². The molecule has 2 aromatic carbocycles. The summed E-state index contributed by atoms with van der Waals surface area (Å²) in [7, 11) is 0. The summed E-state index contributed by atoms with van der Waals surface area (Å²) in [5.74, 6) is -3.83. The molecule has 4 aromatic rings. The Labute approximate surface area is 156 Å². The molecule has 28 heavy (non-hydrogen) atoms. The van der Waals surface area contributed by atoms with Crippen molar-refractivity contribution < 1.29 is 18.7 Å². The van der Waals surface area contributed by atoms with Gasteiger partial charge in [-0.05, 0) is 17.7 Å². The highest BCUT2D eigenvalue weighted by atomic mass is 19.2. The first-order chi connectivity index (χ1) is 13.5. The van der Waals surface area contributed by atoms with Crippen LogP contribution in [-0.4, -0.2) is 30.4 Å². The Bertz CT molecular complexity index is 1270. The Balaban J connectivity index is 2.04. The van der Waals surface area contributed by atoms with E-state index in [-0.39, 0.29) is 10.9 Å². The van der Waals surface area contributed by atoms with E-state index in [9.17, 15) is 23.5 Å². The summed E-state index contributed by atoms with van der Waals surface area (Å²) in [5.41, 5.74) is -0.170. The number of pyridine rings is 1. The number of carboxylic acids is 1. The van der Waals surface area contributed by atoms with E-state index in [1.165, 1.54) is 17.2 Å². The summed E-state index contributed by atoms with van der Waals surface area (Å²) in [6, 6.07) is 8.55. The lowest BCUT2D eigenvalue weighted by Gasteiger charge is -2.16. The summed E-state index contributed by atoms with van der Waals surface area (Å²) in [4.78, 5) is 27.9. The number of aromatic nitrogens is 4. The second-order valence-electron chi connectivity index (χ2n) is 6.05. The minimum Gasteiger partial charge on any atom is -0.477 e. The number of hydrogen-bond acceptors (Lipinski definition) is 4. The van der Waals surface area contributed by atoms with E-state index in [0.29, 0.717) is 17.8 Å². The van der Waals surface area contributed by atoms with Gasteiger partial charge in [-0.15, -0.1) is 0 Å². The van der Waals surface area contributed by atoms with Crippen molar-refractivity contribution in [3.63, 3.8) is 0 Å². The zero-order chi connectivity index (χ0) is 19.8. The maximum atomic E-state index is 13.9. The molecule has 2 aromatic heterocycles. The van der Waals surface area contributed by atoms with Crippen molar-refractivity contribution >= 4 is 16.9 Å². The summed E-state index contributed by atoms with van der Waals surface area (Å²) < 4.78 is 30.6. The van der Waals surface area contributed by atoms with Crippen molar-refractivity contribution in [1.82, 2.24) is 19.3 Å². The maximum absolute atomic E-state index is 13.9. The number of hydrogen-bond donors (Lipinski definition) is 1. The van der Waals surface area contributed by atoms with E-state index in [0.717, 1.165) is 18.3 Å². The fourth-order valence-electron chi connectivity index (χ4n) is 3.04. The fourth-order valence-corrected chi connectivity index (χ4v) is 3.04. The van der Waals surface area contributed by atoms with E-state index < -0.39 is 28.6 Å². The molecule has 7 nitrogen and oxygen atoms in total. The molecule has 0 unspecified atom stereocenters. The average Bonchev–Trinajstić information content (AvgIpc) is 3.17. The first-order valence-electron chi connectivity index (χ1n) is 8.14. The zero-order valence-electron chi connectivity index (χ0n) is 14.2. The van der Waals surface area contributed by atoms with Crippen LogP contribution in [0.15, 0.2) is 60.0 Å². The number of benzene rings is 2. The fraction of sp³-hybridized carbons (Fsp3) is 0.0526. The van der Waals surface area contributed by atoms with Gasteiger partial charge in [0, 0.05) is 12.3 Å². The number of nitrogens with zero attached hydrogens (tertiary/aromatic N) is 4. The van der Waals surface area contributed by atoms with Gasteiger partial charge in [0.25, 0.3) is 0 Å². The second-order valence-corrected chi connectivity index (χ2v) is 6.05. The third-order valence-electron chi connectivity index (χ3n) is 4.33. The maximum Gasteiger partial charge on any atom is 0.341 e. The molecule has 4 rings (SSSR count). The van der Waals surface area contributed by atoms with Crippen LogP contribution in [0, 0.1) is 11.6 Å². The van der Waals surface area contributed by atoms with Gasteiger partial charge < -0.3 is 9.67 Å². The van der Waals surface area contributed by atoms with Crippen LogP contribution in [0.2, 0.25) is 0 Å². The molecule has 0 bridgehead atoms. The largest absolute Gasteiger partial charge is 0.477 e. The lowest BCUT2D eigenvalue weighted by molar-refractivity contribution is 0.0695. The van der Waals surface area contributed by atoms with E-state index >= 15 is 0 Å². The minimum absolute atomic E-state index is 0.0555. The molecule has 1 N–H and O–H groups in total. The zero-order valence-corrected chi connectivity index (χ0v) is 14.2. The van der Waals surface area contributed by atoms with Crippen molar-refractivity contribution in [2.75, 3.05) is 0 Å². The minimum atomic E-state index is -1.46. The van der Waals surface area contributed by atoms with Crippen molar-refractivity contribution in [2.45, 2.75) is 6.54 Å². The molecule has 0 saturated carbocycles. The third-order valence-corrected chi connectivity index (χ3v) is 4.33. The summed E-state index contributed by atoms with van der Waals surface area (Å²) in [5, 5.41) is 13.2. The first kappa shape index (κ1) is 17.5. The molecule has 0 atom stereocenters. The lowest BCUT2D eigenvalue weighted by Crippen LogP contribution is -2.19. The van der Waals surface area contributed by atoms with Crippen LogP contribution in [0.3, 0.4) is 0 Å². The van der Waals surface area contributed by atoms with Crippen molar-refractivity contribution in [2.24, 2.45) is 0 Å². The van der Waals surface area contributed by atoms with Crippen LogP contribution >= 0.6 is 0 Å². The monoisotopic (exact) mass is 382 g/mol. The second kappa shape index (κ2) is 6.69. The molecule has 0 fully saturated rings. The molecule has 0 radical (unpaired) electrons. The number of rotatable bonds is 4. The van der Waals surface area contributed by atoms with Crippen LogP contribution in [-0.2, 0) is 6.54 Å². The van der Waals surface area contributed by atoms with Crippen LogP contribution in [0.25, 0.3) is 16.6 Å². The van der Waals surface area contributed by atoms with Gasteiger partial charge in [0.05, 0.1) is 23.1 Å². The highest BCUT2D eigenvalue weighted by Gasteiger charge is 2.19. The van der Waals surface area contributed by atoms with Gasteiger partial charge in [0.2, 0.25) is 5.43 Å². The molecule has 0 saturated heterocycles. The van der Waals surface area contributed by atoms with Gasteiger partial charge in [0.15, 0.2) is 11.6 Å². The molecular formula is C19H12F2N4O3. The molecule has 0 aliphatic rings. The third kappa shape index (κ3) is 2.92. The van der Waals surface area contributed by atoms with Crippen molar-refractivity contribution in [3.05, 3.63) is 88.2 Å². The molecule has 140 valence electrons. The Morgan fingerprint density at radius 2 is 1.89 bits per heavy atom. The highest BCUT2D eigenvalue weighted by Crippen LogP contribution is 2.23. The first-order valence-corrected chi connectivity index (χ1v) is 8.14. The highest BCUT2D eigenvalue weighted by molar-refractivity contribution is 5.93. The van der Waals surface area contributed by atoms with Crippen LogP contribution in [0.4, 0.5) is 8.78 Å². The van der Waals surface area contributed by atoms with E-state index in [1.54, 1.807) is 28.9 Å². The Hall–Kier alpha value is -3.88. The Kier molecular flexibility index (Phi) is 4.19. The SMILES string of the molecule is O=C(O)c1cn(-c2ccccc2Cn2cncn2)c2cc(F)c(F)cc2c1=O. The predicted octanol–water partition coefficient (Wildman–Crippen LogP) is 2.61. The van der Waals surface area contributed by atoms with Crippen LogP contribution < -0.4 is 5.43 Å². The molecule has 0 aliphatic carbocycles. The molecule has 0 amide bonds. The normalized spacial score (nSPS) is 11.1. The lowest BCUT2D eigenvalue weighted by atomic mass is 10.1. The molecule has 0 aliphatic heterocycles.